The number of rotatable bonds is 6. The highest BCUT2D eigenvalue weighted by molar-refractivity contribution is 5.29. The van der Waals surface area contributed by atoms with Crippen molar-refractivity contribution < 1.29 is 9.84 Å². The summed E-state index contributed by atoms with van der Waals surface area (Å²) in [5, 5.41) is 9.13. The van der Waals surface area contributed by atoms with Crippen LogP contribution < -0.4 is 10.3 Å². The van der Waals surface area contributed by atoms with E-state index >= 15 is 0 Å². The van der Waals surface area contributed by atoms with Gasteiger partial charge in [-0.05, 0) is 24.1 Å². The van der Waals surface area contributed by atoms with Crippen LogP contribution in [0.2, 0.25) is 0 Å². The number of aromatic hydroxyl groups is 1. The molecule has 0 bridgehead atoms. The number of aromatic amines is 1. The van der Waals surface area contributed by atoms with Crippen LogP contribution in [0.4, 0.5) is 0 Å². The summed E-state index contributed by atoms with van der Waals surface area (Å²) in [6, 6.07) is 7.69. The van der Waals surface area contributed by atoms with E-state index in [0.29, 0.717) is 12.2 Å². The van der Waals surface area contributed by atoms with Gasteiger partial charge in [-0.3, -0.25) is 4.79 Å². The topological polar surface area (TPSA) is 75.2 Å². The fourth-order valence-electron chi connectivity index (χ4n) is 1.75. The van der Waals surface area contributed by atoms with Crippen LogP contribution in [0.1, 0.15) is 31.2 Å². The molecule has 0 saturated carbocycles. The normalized spacial score (nSPS) is 10.4. The third-order valence-electron chi connectivity index (χ3n) is 2.89. The van der Waals surface area contributed by atoms with Gasteiger partial charge in [0.15, 0.2) is 5.75 Å². The van der Waals surface area contributed by atoms with Gasteiger partial charge in [0.2, 0.25) is 0 Å². The lowest BCUT2D eigenvalue weighted by atomic mass is 10.1. The molecule has 20 heavy (non-hydrogen) atoms. The van der Waals surface area contributed by atoms with Crippen molar-refractivity contribution in [1.82, 2.24) is 9.97 Å². The summed E-state index contributed by atoms with van der Waals surface area (Å²) in [5.74, 6) is 0.996. The molecule has 1 heterocycles. The summed E-state index contributed by atoms with van der Waals surface area (Å²) in [4.78, 5) is 17.8. The van der Waals surface area contributed by atoms with Crippen LogP contribution in [0, 0.1) is 0 Å². The van der Waals surface area contributed by atoms with Gasteiger partial charge in [-0.2, -0.15) is 0 Å². The maximum absolute atomic E-state index is 11.3. The van der Waals surface area contributed by atoms with Gasteiger partial charge in [0, 0.05) is 6.42 Å². The molecule has 1 aromatic heterocycles. The van der Waals surface area contributed by atoms with E-state index in [0.717, 1.165) is 37.0 Å². The molecule has 0 aliphatic carbocycles. The summed E-state index contributed by atoms with van der Waals surface area (Å²) in [6.07, 6.45) is 3.82. The number of hydrogen-bond donors (Lipinski definition) is 2. The van der Waals surface area contributed by atoms with Crippen molar-refractivity contribution in [2.24, 2.45) is 0 Å². The largest absolute Gasteiger partial charge is 0.502 e. The van der Waals surface area contributed by atoms with E-state index < -0.39 is 5.56 Å². The Morgan fingerprint density at radius 2 is 2.05 bits per heavy atom. The average molecular weight is 274 g/mol. The zero-order valence-electron chi connectivity index (χ0n) is 11.4. The number of nitrogens with zero attached hydrogens (tertiary/aromatic N) is 1. The molecule has 5 heteroatoms. The van der Waals surface area contributed by atoms with Gasteiger partial charge in [0.25, 0.3) is 5.56 Å². The number of aromatic nitrogens is 2. The van der Waals surface area contributed by atoms with Gasteiger partial charge in [-0.1, -0.05) is 25.5 Å². The lowest BCUT2D eigenvalue weighted by Crippen LogP contribution is -2.10. The standard InChI is InChI=1S/C15H18N2O3/c1-2-3-8-20-12-6-4-11(5-7-12)9-14-16-10-13(18)15(19)17-14/h4-7,10,18H,2-3,8-9H2,1H3,(H,16,17,19). The van der Waals surface area contributed by atoms with Crippen LogP contribution in [0.3, 0.4) is 0 Å². The zero-order valence-corrected chi connectivity index (χ0v) is 11.4. The third kappa shape index (κ3) is 3.85. The fraction of sp³-hybridized carbons (Fsp3) is 0.333. The molecule has 5 nitrogen and oxygen atoms in total. The molecule has 2 rings (SSSR count). The number of ether oxygens (including phenoxy) is 1. The molecule has 0 spiro atoms. The van der Waals surface area contributed by atoms with Crippen molar-refractivity contribution in [2.75, 3.05) is 6.61 Å². The first-order chi connectivity index (χ1) is 9.69. The first-order valence-electron chi connectivity index (χ1n) is 6.68. The van der Waals surface area contributed by atoms with Crippen LogP contribution in [0.15, 0.2) is 35.3 Å². The van der Waals surface area contributed by atoms with E-state index in [1.165, 1.54) is 0 Å². The Morgan fingerprint density at radius 1 is 1.30 bits per heavy atom. The number of nitrogens with one attached hydrogen (secondary N) is 1. The molecular weight excluding hydrogens is 256 g/mol. The summed E-state index contributed by atoms with van der Waals surface area (Å²) >= 11 is 0. The van der Waals surface area contributed by atoms with E-state index in [2.05, 4.69) is 16.9 Å². The lowest BCUT2D eigenvalue weighted by Gasteiger charge is -2.06. The number of benzene rings is 1. The minimum absolute atomic E-state index is 0.367. The zero-order chi connectivity index (χ0) is 14.4. The molecule has 0 unspecified atom stereocenters. The molecule has 0 aliphatic rings. The second-order valence-electron chi connectivity index (χ2n) is 4.57. The van der Waals surface area contributed by atoms with Crippen molar-refractivity contribution in [3.05, 3.63) is 52.2 Å². The Labute approximate surface area is 117 Å². The Hall–Kier alpha value is -2.30. The molecule has 2 aromatic rings. The third-order valence-corrected chi connectivity index (χ3v) is 2.89. The van der Waals surface area contributed by atoms with Crippen LogP contribution >= 0.6 is 0 Å². The van der Waals surface area contributed by atoms with E-state index in [9.17, 15) is 4.79 Å². The van der Waals surface area contributed by atoms with Gasteiger partial charge in [-0.25, -0.2) is 4.98 Å². The van der Waals surface area contributed by atoms with Crippen LogP contribution in [-0.4, -0.2) is 21.7 Å². The summed E-state index contributed by atoms with van der Waals surface area (Å²) < 4.78 is 5.58. The monoisotopic (exact) mass is 274 g/mol. The van der Waals surface area contributed by atoms with Crippen LogP contribution in [0.5, 0.6) is 11.5 Å². The number of H-pyrrole nitrogens is 1. The molecular formula is C15H18N2O3. The van der Waals surface area contributed by atoms with Crippen molar-refractivity contribution in [2.45, 2.75) is 26.2 Å². The molecule has 1 aromatic carbocycles. The van der Waals surface area contributed by atoms with E-state index in [1.807, 2.05) is 24.3 Å². The summed E-state index contributed by atoms with van der Waals surface area (Å²) in [7, 11) is 0. The SMILES string of the molecule is CCCCOc1ccc(Cc2ncc(O)c(=O)[nH]2)cc1. The second-order valence-corrected chi connectivity index (χ2v) is 4.57. The van der Waals surface area contributed by atoms with Gasteiger partial charge in [0.1, 0.15) is 11.6 Å². The Bertz CT molecular complexity index is 605. The van der Waals surface area contributed by atoms with Crippen molar-refractivity contribution in [1.29, 1.82) is 0 Å². The Kier molecular flexibility index (Phi) is 4.76. The number of hydrogen-bond acceptors (Lipinski definition) is 4. The van der Waals surface area contributed by atoms with E-state index in [-0.39, 0.29) is 5.75 Å². The first kappa shape index (κ1) is 14.1. The molecule has 0 atom stereocenters. The van der Waals surface area contributed by atoms with Gasteiger partial charge in [0.05, 0.1) is 12.8 Å². The van der Waals surface area contributed by atoms with Crippen LogP contribution in [0.25, 0.3) is 0 Å². The van der Waals surface area contributed by atoms with E-state index in [4.69, 9.17) is 9.84 Å². The molecule has 2 N–H and O–H groups in total. The minimum atomic E-state index is -0.519. The van der Waals surface area contributed by atoms with Gasteiger partial charge < -0.3 is 14.8 Å². The quantitative estimate of drug-likeness (QED) is 0.792. The lowest BCUT2D eigenvalue weighted by molar-refractivity contribution is 0.309. The minimum Gasteiger partial charge on any atom is -0.502 e. The highest BCUT2D eigenvalue weighted by atomic mass is 16.5. The highest BCUT2D eigenvalue weighted by Crippen LogP contribution is 2.14. The molecule has 0 saturated heterocycles. The molecule has 0 fully saturated rings. The fourth-order valence-corrected chi connectivity index (χ4v) is 1.75. The maximum Gasteiger partial charge on any atom is 0.293 e. The Balaban J connectivity index is 1.99. The van der Waals surface area contributed by atoms with Crippen LogP contribution in [-0.2, 0) is 6.42 Å². The second kappa shape index (κ2) is 6.75. The smallest absolute Gasteiger partial charge is 0.293 e. The number of unbranched alkanes of at least 4 members (excludes halogenated alkanes) is 1. The molecule has 0 amide bonds. The van der Waals surface area contributed by atoms with Gasteiger partial charge in [-0.15, -0.1) is 0 Å². The van der Waals surface area contributed by atoms with Crippen molar-refractivity contribution in [3.63, 3.8) is 0 Å². The molecule has 106 valence electrons. The Morgan fingerprint density at radius 3 is 2.70 bits per heavy atom. The summed E-state index contributed by atoms with van der Waals surface area (Å²) in [6.45, 7) is 2.85. The predicted molar refractivity (Wildman–Crippen MR) is 76.2 cm³/mol. The first-order valence-corrected chi connectivity index (χ1v) is 6.68. The molecule has 0 aliphatic heterocycles. The highest BCUT2D eigenvalue weighted by Gasteiger charge is 2.02. The summed E-state index contributed by atoms with van der Waals surface area (Å²) in [5.41, 5.74) is 0.496. The van der Waals surface area contributed by atoms with E-state index in [1.54, 1.807) is 0 Å². The predicted octanol–water partition coefficient (Wildman–Crippen LogP) is 2.25. The van der Waals surface area contributed by atoms with Gasteiger partial charge >= 0.3 is 0 Å². The van der Waals surface area contributed by atoms with Crippen molar-refractivity contribution >= 4 is 0 Å². The average Bonchev–Trinajstić information content (AvgIpc) is 2.45. The van der Waals surface area contributed by atoms with Crippen molar-refractivity contribution in [3.8, 4) is 11.5 Å². The maximum atomic E-state index is 11.3. The molecule has 0 radical (unpaired) electrons.